The zero-order valence-electron chi connectivity index (χ0n) is 12.7. The molecule has 0 fully saturated rings. The maximum absolute atomic E-state index is 13.6. The van der Waals surface area contributed by atoms with Gasteiger partial charge >= 0.3 is 0 Å². The highest BCUT2D eigenvalue weighted by molar-refractivity contribution is 5.90. The molecular formula is C15H14FN7O. The van der Waals surface area contributed by atoms with E-state index < -0.39 is 17.4 Å². The van der Waals surface area contributed by atoms with Crippen LogP contribution in [0.3, 0.4) is 0 Å². The van der Waals surface area contributed by atoms with Crippen molar-refractivity contribution < 1.29 is 9.18 Å². The first-order valence-electron chi connectivity index (χ1n) is 7.32. The first kappa shape index (κ1) is 15.7. The van der Waals surface area contributed by atoms with Gasteiger partial charge in [-0.1, -0.05) is 0 Å². The van der Waals surface area contributed by atoms with Crippen molar-refractivity contribution in [3.05, 3.63) is 36.3 Å². The number of pyridine rings is 1. The van der Waals surface area contributed by atoms with Crippen molar-refractivity contribution in [3.63, 3.8) is 0 Å². The second-order valence-corrected chi connectivity index (χ2v) is 5.21. The summed E-state index contributed by atoms with van der Waals surface area (Å²) in [6, 6.07) is 2.72. The average molecular weight is 327 g/mol. The van der Waals surface area contributed by atoms with Gasteiger partial charge in [0, 0.05) is 32.0 Å². The monoisotopic (exact) mass is 327 g/mol. The Balaban J connectivity index is 1.55. The Morgan fingerprint density at radius 1 is 1.38 bits per heavy atom. The van der Waals surface area contributed by atoms with Crippen LogP contribution in [0.15, 0.2) is 34.9 Å². The molecule has 0 saturated heterocycles. The van der Waals surface area contributed by atoms with Gasteiger partial charge in [-0.3, -0.25) is 4.79 Å². The highest BCUT2D eigenvalue weighted by Crippen LogP contribution is 2.35. The minimum Gasteiger partial charge on any atom is -0.349 e. The van der Waals surface area contributed by atoms with E-state index in [4.69, 9.17) is 6.42 Å². The second kappa shape index (κ2) is 6.54. The van der Waals surface area contributed by atoms with Gasteiger partial charge in [-0.05, 0) is 12.1 Å². The van der Waals surface area contributed by atoms with Crippen LogP contribution in [-0.4, -0.2) is 37.9 Å². The van der Waals surface area contributed by atoms with Gasteiger partial charge in [0.05, 0.1) is 0 Å². The van der Waals surface area contributed by atoms with E-state index in [-0.39, 0.29) is 11.6 Å². The SMILES string of the molecule is C#CCCC1(CCNC(=O)c2ncn(-c3ncccc3F)n2)N=N1. The summed E-state index contributed by atoms with van der Waals surface area (Å²) in [5.74, 6) is 1.44. The third kappa shape index (κ3) is 3.43. The summed E-state index contributed by atoms with van der Waals surface area (Å²) in [6.07, 6.45) is 9.71. The lowest BCUT2D eigenvalue weighted by molar-refractivity contribution is 0.0941. The Hall–Kier alpha value is -3.15. The number of carbonyl (C=O) groups excluding carboxylic acids is 1. The van der Waals surface area contributed by atoms with Crippen LogP contribution in [0.25, 0.3) is 5.82 Å². The Labute approximate surface area is 137 Å². The van der Waals surface area contributed by atoms with Crippen molar-refractivity contribution in [2.45, 2.75) is 24.9 Å². The summed E-state index contributed by atoms with van der Waals surface area (Å²) < 4.78 is 14.8. The number of aromatic nitrogens is 4. The zero-order chi connectivity index (χ0) is 17.0. The predicted octanol–water partition coefficient (Wildman–Crippen LogP) is 1.50. The number of hydrogen-bond acceptors (Lipinski definition) is 6. The van der Waals surface area contributed by atoms with Gasteiger partial charge in [0.1, 0.15) is 6.33 Å². The number of rotatable bonds is 7. The molecule has 0 aromatic carbocycles. The van der Waals surface area contributed by atoms with E-state index in [2.05, 4.69) is 36.5 Å². The highest BCUT2D eigenvalue weighted by atomic mass is 19.1. The smallest absolute Gasteiger partial charge is 0.290 e. The zero-order valence-corrected chi connectivity index (χ0v) is 12.7. The van der Waals surface area contributed by atoms with Gasteiger partial charge in [-0.2, -0.15) is 14.9 Å². The summed E-state index contributed by atoms with van der Waals surface area (Å²) >= 11 is 0. The molecule has 0 aliphatic carbocycles. The molecule has 1 aliphatic heterocycles. The topological polar surface area (TPSA) is 97.4 Å². The standard InChI is InChI=1S/C15H14FN7O/c1-2-3-6-15(21-22-15)7-9-18-14(24)12-19-10-23(20-12)13-11(16)5-4-8-17-13/h1,4-5,8,10H,3,6-7,9H2,(H,18,24). The molecule has 122 valence electrons. The molecule has 8 nitrogen and oxygen atoms in total. The Bertz CT molecular complexity index is 817. The van der Waals surface area contributed by atoms with Crippen molar-refractivity contribution >= 4 is 5.91 Å². The molecule has 0 atom stereocenters. The molecule has 3 heterocycles. The van der Waals surface area contributed by atoms with Crippen LogP contribution in [0.1, 0.15) is 29.9 Å². The lowest BCUT2D eigenvalue weighted by Gasteiger charge is -2.08. The van der Waals surface area contributed by atoms with E-state index in [0.29, 0.717) is 25.8 Å². The maximum atomic E-state index is 13.6. The Morgan fingerprint density at radius 3 is 2.92 bits per heavy atom. The molecule has 9 heteroatoms. The van der Waals surface area contributed by atoms with Crippen molar-refractivity contribution in [3.8, 4) is 18.2 Å². The van der Waals surface area contributed by atoms with Crippen LogP contribution in [-0.2, 0) is 0 Å². The number of terminal acetylenes is 1. The Kier molecular flexibility index (Phi) is 4.29. The Morgan fingerprint density at radius 2 is 2.21 bits per heavy atom. The molecular weight excluding hydrogens is 313 g/mol. The molecule has 0 radical (unpaired) electrons. The van der Waals surface area contributed by atoms with Crippen LogP contribution in [0.2, 0.25) is 0 Å². The predicted molar refractivity (Wildman–Crippen MR) is 81.7 cm³/mol. The largest absolute Gasteiger partial charge is 0.349 e. The van der Waals surface area contributed by atoms with Crippen LogP contribution < -0.4 is 5.32 Å². The molecule has 0 saturated carbocycles. The van der Waals surface area contributed by atoms with E-state index in [1.54, 1.807) is 0 Å². The van der Waals surface area contributed by atoms with Crippen LogP contribution >= 0.6 is 0 Å². The lowest BCUT2D eigenvalue weighted by Crippen LogP contribution is -2.29. The number of halogens is 1. The summed E-state index contributed by atoms with van der Waals surface area (Å²) in [7, 11) is 0. The van der Waals surface area contributed by atoms with Crippen LogP contribution in [0.4, 0.5) is 4.39 Å². The van der Waals surface area contributed by atoms with Crippen LogP contribution in [0.5, 0.6) is 0 Å². The molecule has 1 N–H and O–H groups in total. The van der Waals surface area contributed by atoms with Gasteiger partial charge in [0.15, 0.2) is 17.3 Å². The van der Waals surface area contributed by atoms with E-state index in [1.807, 2.05) is 0 Å². The first-order valence-corrected chi connectivity index (χ1v) is 7.32. The summed E-state index contributed by atoms with van der Waals surface area (Å²) in [5.41, 5.74) is -0.455. The van der Waals surface area contributed by atoms with E-state index in [9.17, 15) is 9.18 Å². The molecule has 1 amide bonds. The van der Waals surface area contributed by atoms with Crippen molar-refractivity contribution in [2.75, 3.05) is 6.54 Å². The van der Waals surface area contributed by atoms with E-state index >= 15 is 0 Å². The third-order valence-corrected chi connectivity index (χ3v) is 3.51. The summed E-state index contributed by atoms with van der Waals surface area (Å²) in [5, 5.41) is 14.6. The van der Waals surface area contributed by atoms with Crippen LogP contribution in [0, 0.1) is 18.2 Å². The molecule has 2 aromatic heterocycles. The lowest BCUT2D eigenvalue weighted by atomic mass is 10.0. The minimum absolute atomic E-state index is 0.0205. The van der Waals surface area contributed by atoms with E-state index in [1.165, 1.54) is 24.7 Å². The second-order valence-electron chi connectivity index (χ2n) is 5.21. The third-order valence-electron chi connectivity index (χ3n) is 3.51. The van der Waals surface area contributed by atoms with Crippen molar-refractivity contribution in [1.29, 1.82) is 0 Å². The van der Waals surface area contributed by atoms with Gasteiger partial charge in [0.25, 0.3) is 5.91 Å². The number of amides is 1. The van der Waals surface area contributed by atoms with Crippen molar-refractivity contribution in [2.24, 2.45) is 10.2 Å². The molecule has 3 rings (SSSR count). The first-order chi connectivity index (χ1) is 11.6. The maximum Gasteiger partial charge on any atom is 0.290 e. The fourth-order valence-corrected chi connectivity index (χ4v) is 2.14. The fourth-order valence-electron chi connectivity index (χ4n) is 2.14. The highest BCUT2D eigenvalue weighted by Gasteiger charge is 2.38. The summed E-state index contributed by atoms with van der Waals surface area (Å²) in [4.78, 5) is 19.8. The normalized spacial score (nSPS) is 14.2. The molecule has 2 aromatic rings. The van der Waals surface area contributed by atoms with Gasteiger partial charge in [0.2, 0.25) is 5.82 Å². The minimum atomic E-state index is -0.554. The van der Waals surface area contributed by atoms with E-state index in [0.717, 1.165) is 4.68 Å². The number of nitrogens with one attached hydrogen (secondary N) is 1. The molecule has 24 heavy (non-hydrogen) atoms. The molecule has 0 spiro atoms. The number of carbonyl (C=O) groups is 1. The average Bonchev–Trinajstić information content (AvgIpc) is 3.17. The van der Waals surface area contributed by atoms with Gasteiger partial charge < -0.3 is 5.32 Å². The number of hydrogen-bond donors (Lipinski definition) is 1. The summed E-state index contributed by atoms with van der Waals surface area (Å²) in [6.45, 7) is 0.364. The quantitative estimate of drug-likeness (QED) is 0.779. The number of nitrogens with zero attached hydrogens (tertiary/aromatic N) is 6. The molecule has 1 aliphatic rings. The fraction of sp³-hybridized carbons (Fsp3) is 0.333. The molecule has 0 unspecified atom stereocenters. The van der Waals surface area contributed by atoms with Gasteiger partial charge in [-0.25, -0.2) is 14.4 Å². The van der Waals surface area contributed by atoms with Crippen molar-refractivity contribution in [1.82, 2.24) is 25.1 Å². The van der Waals surface area contributed by atoms with Gasteiger partial charge in [-0.15, -0.1) is 17.4 Å². The molecule has 0 bridgehead atoms.